The smallest absolute Gasteiger partial charge is 0.324 e. The van der Waals surface area contributed by atoms with Crippen molar-refractivity contribution in [2.24, 2.45) is 0 Å². The van der Waals surface area contributed by atoms with Crippen molar-refractivity contribution in [2.45, 2.75) is 11.8 Å². The molecule has 2 aromatic carbocycles. The first-order valence-corrected chi connectivity index (χ1v) is 12.6. The van der Waals surface area contributed by atoms with Crippen LogP contribution in [-0.2, 0) is 4.79 Å². The van der Waals surface area contributed by atoms with Crippen LogP contribution < -0.4 is 9.62 Å². The van der Waals surface area contributed by atoms with Crippen LogP contribution in [0.25, 0.3) is 16.7 Å². The van der Waals surface area contributed by atoms with Gasteiger partial charge in [0.15, 0.2) is 5.82 Å². The number of rotatable bonds is 10. The van der Waals surface area contributed by atoms with E-state index in [2.05, 4.69) is 36.1 Å². The summed E-state index contributed by atoms with van der Waals surface area (Å²) in [6, 6.07) is 14.0. The monoisotopic (exact) mass is 554 g/mol. The first-order valence-electron chi connectivity index (χ1n) is 11.0. The summed E-state index contributed by atoms with van der Waals surface area (Å²) in [4.78, 5) is 23.7. The fourth-order valence-corrected chi connectivity index (χ4v) is 5.44. The number of benzene rings is 2. The van der Waals surface area contributed by atoms with E-state index in [0.29, 0.717) is 5.82 Å². The number of carboxylic acids is 1. The lowest BCUT2D eigenvalue weighted by Crippen LogP contribution is -2.22. The average molecular weight is 556 g/mol. The largest absolute Gasteiger partial charge is 0.480 e. The zero-order chi connectivity index (χ0) is 24.9. The van der Waals surface area contributed by atoms with Gasteiger partial charge in [-0.05, 0) is 81.0 Å². The fraction of sp³-hybridized carbons (Fsp3) is 0.240. The van der Waals surface area contributed by atoms with E-state index in [-0.39, 0.29) is 6.54 Å². The summed E-state index contributed by atoms with van der Waals surface area (Å²) in [6.45, 7) is 3.59. The van der Waals surface area contributed by atoms with Crippen molar-refractivity contribution >= 4 is 56.3 Å². The van der Waals surface area contributed by atoms with Crippen molar-refractivity contribution in [3.8, 4) is 5.82 Å². The van der Waals surface area contributed by atoms with Crippen molar-refractivity contribution in [2.75, 3.05) is 43.4 Å². The predicted octanol–water partition coefficient (Wildman–Crippen LogP) is 5.06. The molecule has 35 heavy (non-hydrogen) atoms. The summed E-state index contributed by atoms with van der Waals surface area (Å²) in [6.07, 6.45) is 5.42. The number of carboxylic acid groups (broad SMARTS) is 1. The van der Waals surface area contributed by atoms with Gasteiger partial charge in [-0.1, -0.05) is 15.9 Å². The van der Waals surface area contributed by atoms with Gasteiger partial charge in [-0.2, -0.15) is 0 Å². The van der Waals surface area contributed by atoms with Gasteiger partial charge >= 0.3 is 5.97 Å². The van der Waals surface area contributed by atoms with Crippen molar-refractivity contribution < 1.29 is 9.90 Å². The Bertz CT molecular complexity index is 1310. The Kier molecular flexibility index (Phi) is 7.94. The molecule has 2 heterocycles. The van der Waals surface area contributed by atoms with E-state index in [0.717, 1.165) is 50.4 Å². The number of likely N-dealkylation sites (N-methyl/N-ethyl adjacent to an activating group) is 1. The van der Waals surface area contributed by atoms with Gasteiger partial charge in [-0.3, -0.25) is 9.36 Å². The lowest BCUT2D eigenvalue weighted by atomic mass is 10.2. The second-order valence-electron chi connectivity index (χ2n) is 8.40. The van der Waals surface area contributed by atoms with Crippen LogP contribution in [0.5, 0.6) is 0 Å². The molecular weight excluding hydrogens is 528 g/mol. The van der Waals surface area contributed by atoms with Crippen molar-refractivity contribution in [3.63, 3.8) is 0 Å². The molecule has 4 aromatic rings. The number of aromatic nitrogens is 3. The van der Waals surface area contributed by atoms with Crippen LogP contribution in [0.4, 0.5) is 11.5 Å². The number of hydrogen-bond donors (Lipinski definition) is 2. The molecule has 0 spiro atoms. The molecule has 10 heteroatoms. The molecule has 0 saturated heterocycles. The molecule has 0 atom stereocenters. The highest BCUT2D eigenvalue weighted by atomic mass is 79.9. The van der Waals surface area contributed by atoms with E-state index >= 15 is 0 Å². The van der Waals surface area contributed by atoms with Crippen LogP contribution >= 0.6 is 27.9 Å². The Morgan fingerprint density at radius 1 is 1.14 bits per heavy atom. The summed E-state index contributed by atoms with van der Waals surface area (Å²) < 4.78 is 4.72. The molecule has 0 aliphatic rings. The summed E-state index contributed by atoms with van der Waals surface area (Å²) in [7, 11) is 4.06. The molecular formula is C25H27BrN6O2S. The number of hydrogen-bond acceptors (Lipinski definition) is 7. The molecule has 182 valence electrons. The van der Waals surface area contributed by atoms with Crippen molar-refractivity contribution in [3.05, 3.63) is 71.1 Å². The van der Waals surface area contributed by atoms with E-state index in [9.17, 15) is 9.90 Å². The Labute approximate surface area is 217 Å². The summed E-state index contributed by atoms with van der Waals surface area (Å²) in [5.41, 5.74) is 2.88. The average Bonchev–Trinajstić information content (AvgIpc) is 3.21. The van der Waals surface area contributed by atoms with Crippen LogP contribution in [0.2, 0.25) is 0 Å². The van der Waals surface area contributed by atoms with Crippen molar-refractivity contribution in [1.82, 2.24) is 19.4 Å². The standard InChI is InChI=1S/C25H27BrN6O2S/c1-17-10-19(26)13-21(11-17)35-32(16-25(33)34)20-4-5-22-18(12-20)6-8-31(22)24-15-28-23(14-29-24)27-7-9-30(2)3/h4-6,8,10-15H,7,9,16H2,1-3H3,(H,27,28)(H,33,34). The number of aliphatic carboxylic acids is 1. The number of aryl methyl sites for hydroxylation is 1. The molecule has 2 N–H and O–H groups in total. The minimum atomic E-state index is -0.892. The lowest BCUT2D eigenvalue weighted by Gasteiger charge is -2.22. The van der Waals surface area contributed by atoms with E-state index in [1.807, 2.05) is 74.2 Å². The van der Waals surface area contributed by atoms with E-state index in [1.165, 1.54) is 11.9 Å². The molecule has 0 amide bonds. The lowest BCUT2D eigenvalue weighted by molar-refractivity contribution is -0.135. The highest BCUT2D eigenvalue weighted by Crippen LogP contribution is 2.33. The molecule has 0 unspecified atom stereocenters. The maximum atomic E-state index is 11.6. The molecule has 0 saturated carbocycles. The molecule has 2 aromatic heterocycles. The predicted molar refractivity (Wildman–Crippen MR) is 146 cm³/mol. The molecule has 0 aliphatic heterocycles. The highest BCUT2D eigenvalue weighted by molar-refractivity contribution is 9.10. The van der Waals surface area contributed by atoms with Gasteiger partial charge in [0.25, 0.3) is 0 Å². The fourth-order valence-electron chi connectivity index (χ4n) is 3.61. The van der Waals surface area contributed by atoms with E-state index in [4.69, 9.17) is 0 Å². The Balaban J connectivity index is 1.57. The van der Waals surface area contributed by atoms with Crippen molar-refractivity contribution in [1.29, 1.82) is 0 Å². The van der Waals surface area contributed by atoms with Gasteiger partial charge < -0.3 is 19.6 Å². The topological polar surface area (TPSA) is 86.5 Å². The third kappa shape index (κ3) is 6.53. The summed E-state index contributed by atoms with van der Waals surface area (Å²) in [5, 5.41) is 13.8. The Morgan fingerprint density at radius 2 is 1.97 bits per heavy atom. The summed E-state index contributed by atoms with van der Waals surface area (Å²) in [5.74, 6) is 0.558. The molecule has 8 nitrogen and oxygen atoms in total. The maximum Gasteiger partial charge on any atom is 0.324 e. The second kappa shape index (κ2) is 11.1. The number of nitrogens with zero attached hydrogens (tertiary/aromatic N) is 5. The zero-order valence-electron chi connectivity index (χ0n) is 19.8. The number of carbonyl (C=O) groups is 1. The van der Waals surface area contributed by atoms with Crippen LogP contribution in [0, 0.1) is 6.92 Å². The molecule has 0 fully saturated rings. The zero-order valence-corrected chi connectivity index (χ0v) is 22.2. The van der Waals surface area contributed by atoms with Gasteiger partial charge in [0, 0.05) is 39.7 Å². The molecule has 0 bridgehead atoms. The Morgan fingerprint density at radius 3 is 2.66 bits per heavy atom. The number of anilines is 2. The van der Waals surface area contributed by atoms with Gasteiger partial charge in [0.05, 0.1) is 17.9 Å². The second-order valence-corrected chi connectivity index (χ2v) is 10.4. The molecule has 0 radical (unpaired) electrons. The van der Waals surface area contributed by atoms with Crippen LogP contribution in [0.1, 0.15) is 5.56 Å². The first kappa shape index (κ1) is 25.0. The number of halogens is 1. The van der Waals surface area contributed by atoms with E-state index < -0.39 is 5.97 Å². The van der Waals surface area contributed by atoms with Gasteiger partial charge in [0.2, 0.25) is 0 Å². The highest BCUT2D eigenvalue weighted by Gasteiger charge is 2.15. The minimum Gasteiger partial charge on any atom is -0.480 e. The first-order chi connectivity index (χ1) is 16.8. The van der Waals surface area contributed by atoms with Gasteiger partial charge in [-0.15, -0.1) is 0 Å². The van der Waals surface area contributed by atoms with Gasteiger partial charge in [0.1, 0.15) is 12.4 Å². The molecule has 0 aliphatic carbocycles. The third-order valence-electron chi connectivity index (χ3n) is 5.22. The van der Waals surface area contributed by atoms with Crippen LogP contribution in [0.15, 0.2) is 70.4 Å². The van der Waals surface area contributed by atoms with Gasteiger partial charge in [-0.25, -0.2) is 9.97 Å². The summed E-state index contributed by atoms with van der Waals surface area (Å²) >= 11 is 4.93. The SMILES string of the molecule is Cc1cc(Br)cc(SN(CC(=O)O)c2ccc3c(ccn3-c3cnc(NCCN(C)C)cn3)c2)c1. The quantitative estimate of drug-likeness (QED) is 0.263. The molecule has 4 rings (SSSR count). The Hall–Kier alpha value is -3.08. The van der Waals surface area contributed by atoms with E-state index in [1.54, 1.807) is 16.7 Å². The van der Waals surface area contributed by atoms with Crippen LogP contribution in [-0.4, -0.2) is 64.2 Å². The third-order valence-corrected chi connectivity index (χ3v) is 6.69. The number of fused-ring (bicyclic) bond motifs is 1. The van der Waals surface area contributed by atoms with Crippen LogP contribution in [0.3, 0.4) is 0 Å². The number of nitrogens with one attached hydrogen (secondary N) is 1. The maximum absolute atomic E-state index is 11.6. The minimum absolute atomic E-state index is 0.129. The normalized spacial score (nSPS) is 11.2.